The lowest BCUT2D eigenvalue weighted by atomic mass is 10.1. The number of fused-ring (bicyclic) bond motifs is 1. The van der Waals surface area contributed by atoms with Crippen LogP contribution in [0.5, 0.6) is 0 Å². The summed E-state index contributed by atoms with van der Waals surface area (Å²) in [5.41, 5.74) is 1.09. The molecule has 0 saturated carbocycles. The molecule has 1 amide bonds. The molecular formula is C14H13N5O2. The molecule has 7 heteroatoms. The summed E-state index contributed by atoms with van der Waals surface area (Å²) in [6.07, 6.45) is 4.75. The van der Waals surface area contributed by atoms with Crippen LogP contribution in [0.2, 0.25) is 0 Å². The average Bonchev–Trinajstić information content (AvgIpc) is 3.00. The number of hydrogen-bond donors (Lipinski definition) is 1. The van der Waals surface area contributed by atoms with Crippen LogP contribution in [0.1, 0.15) is 21.7 Å². The number of aromatic nitrogens is 4. The van der Waals surface area contributed by atoms with Gasteiger partial charge in [0.15, 0.2) is 5.82 Å². The summed E-state index contributed by atoms with van der Waals surface area (Å²) in [5, 5.41) is 16.5. The number of carbonyl (C=O) groups is 1. The zero-order valence-corrected chi connectivity index (χ0v) is 11.2. The monoisotopic (exact) mass is 283 g/mol. The number of amides is 1. The Balaban J connectivity index is 1.80. The second kappa shape index (κ2) is 5.73. The van der Waals surface area contributed by atoms with E-state index in [0.717, 1.165) is 5.82 Å². The Morgan fingerprint density at radius 1 is 1.38 bits per heavy atom. The van der Waals surface area contributed by atoms with Crippen LogP contribution in [-0.4, -0.2) is 48.8 Å². The average molecular weight is 283 g/mol. The summed E-state index contributed by atoms with van der Waals surface area (Å²) >= 11 is 0. The molecule has 106 valence electrons. The lowest BCUT2D eigenvalue weighted by molar-refractivity contribution is 0.0707. The summed E-state index contributed by atoms with van der Waals surface area (Å²) in [6.45, 7) is 1.51. The smallest absolute Gasteiger partial charge is 0.255 e. The largest absolute Gasteiger partial charge is 0.384 e. The molecule has 3 rings (SSSR count). The Kier molecular flexibility index (Phi) is 3.62. The van der Waals surface area contributed by atoms with Gasteiger partial charge < -0.3 is 14.6 Å². The molecule has 2 aromatic heterocycles. The van der Waals surface area contributed by atoms with Gasteiger partial charge in [0.05, 0.1) is 12.1 Å². The van der Waals surface area contributed by atoms with Crippen molar-refractivity contribution in [1.29, 1.82) is 0 Å². The Hall–Kier alpha value is -2.72. The number of rotatable bonds is 1. The van der Waals surface area contributed by atoms with Gasteiger partial charge in [0, 0.05) is 31.0 Å². The van der Waals surface area contributed by atoms with Crippen molar-refractivity contribution in [3.63, 3.8) is 0 Å². The third-order valence-electron chi connectivity index (χ3n) is 3.22. The molecule has 0 bridgehead atoms. The van der Waals surface area contributed by atoms with Crippen LogP contribution >= 0.6 is 0 Å². The minimum Gasteiger partial charge on any atom is -0.384 e. The van der Waals surface area contributed by atoms with Crippen molar-refractivity contribution in [1.82, 2.24) is 24.6 Å². The number of nitrogens with zero attached hydrogens (tertiary/aromatic N) is 5. The van der Waals surface area contributed by atoms with Crippen molar-refractivity contribution in [3.8, 4) is 11.8 Å². The van der Waals surface area contributed by atoms with Crippen molar-refractivity contribution in [3.05, 3.63) is 41.7 Å². The standard InChI is InChI=1S/C14H13N5O2/c20-5-1-2-11-6-12(8-15-7-11)14(21)18-3-4-19-10-16-17-13(19)9-18/h6-8,10,20H,3-5,9H2. The van der Waals surface area contributed by atoms with Crippen molar-refractivity contribution in [2.45, 2.75) is 13.1 Å². The molecule has 0 aromatic carbocycles. The minimum absolute atomic E-state index is 0.107. The fourth-order valence-electron chi connectivity index (χ4n) is 2.19. The molecule has 3 heterocycles. The van der Waals surface area contributed by atoms with E-state index in [0.29, 0.717) is 30.8 Å². The third kappa shape index (κ3) is 2.75. The first kappa shape index (κ1) is 13.3. The molecule has 0 fully saturated rings. The molecule has 0 saturated heterocycles. The van der Waals surface area contributed by atoms with E-state index >= 15 is 0 Å². The van der Waals surface area contributed by atoms with Gasteiger partial charge in [-0.15, -0.1) is 10.2 Å². The molecule has 1 aliphatic rings. The highest BCUT2D eigenvalue weighted by atomic mass is 16.2. The zero-order valence-electron chi connectivity index (χ0n) is 11.2. The molecule has 21 heavy (non-hydrogen) atoms. The third-order valence-corrected chi connectivity index (χ3v) is 3.22. The van der Waals surface area contributed by atoms with Crippen LogP contribution in [0.25, 0.3) is 0 Å². The molecule has 0 aliphatic carbocycles. The number of aliphatic hydroxyl groups is 1. The second-order valence-corrected chi connectivity index (χ2v) is 4.59. The van der Waals surface area contributed by atoms with Gasteiger partial charge in [-0.3, -0.25) is 9.78 Å². The van der Waals surface area contributed by atoms with Crippen molar-refractivity contribution in [2.24, 2.45) is 0 Å². The SMILES string of the molecule is O=C(c1cncc(C#CCO)c1)N1CCn2cnnc2C1. The first-order chi connectivity index (χ1) is 10.3. The fraction of sp³-hybridized carbons (Fsp3) is 0.286. The van der Waals surface area contributed by atoms with E-state index in [9.17, 15) is 4.79 Å². The zero-order chi connectivity index (χ0) is 14.7. The highest BCUT2D eigenvalue weighted by Gasteiger charge is 2.23. The van der Waals surface area contributed by atoms with Crippen LogP contribution in [0.4, 0.5) is 0 Å². The Bertz CT molecular complexity index is 728. The normalized spacial score (nSPS) is 13.3. The van der Waals surface area contributed by atoms with Gasteiger partial charge in [0.25, 0.3) is 5.91 Å². The maximum absolute atomic E-state index is 12.5. The van der Waals surface area contributed by atoms with Gasteiger partial charge in [0.1, 0.15) is 12.9 Å². The molecule has 7 nitrogen and oxygen atoms in total. The number of aliphatic hydroxyl groups excluding tert-OH is 1. The van der Waals surface area contributed by atoms with E-state index in [1.165, 1.54) is 6.20 Å². The highest BCUT2D eigenvalue weighted by molar-refractivity contribution is 5.94. The van der Waals surface area contributed by atoms with Crippen LogP contribution in [0.15, 0.2) is 24.8 Å². The summed E-state index contributed by atoms with van der Waals surface area (Å²) in [6, 6.07) is 1.68. The second-order valence-electron chi connectivity index (χ2n) is 4.59. The lowest BCUT2D eigenvalue weighted by Gasteiger charge is -2.27. The maximum Gasteiger partial charge on any atom is 0.255 e. The first-order valence-electron chi connectivity index (χ1n) is 6.48. The highest BCUT2D eigenvalue weighted by Crippen LogP contribution is 2.13. The predicted octanol–water partition coefficient (Wildman–Crippen LogP) is -0.327. The molecule has 0 atom stereocenters. The lowest BCUT2D eigenvalue weighted by Crippen LogP contribution is -2.38. The molecule has 1 aliphatic heterocycles. The quantitative estimate of drug-likeness (QED) is 0.725. The number of pyridine rings is 1. The van der Waals surface area contributed by atoms with E-state index in [1.807, 2.05) is 4.57 Å². The molecular weight excluding hydrogens is 270 g/mol. The van der Waals surface area contributed by atoms with Crippen molar-refractivity contribution >= 4 is 5.91 Å². The molecule has 2 aromatic rings. The van der Waals surface area contributed by atoms with Gasteiger partial charge in [-0.25, -0.2) is 0 Å². The van der Waals surface area contributed by atoms with Crippen LogP contribution < -0.4 is 0 Å². The summed E-state index contributed by atoms with van der Waals surface area (Å²) in [7, 11) is 0. The van der Waals surface area contributed by atoms with E-state index in [4.69, 9.17) is 5.11 Å². The predicted molar refractivity (Wildman–Crippen MR) is 73.0 cm³/mol. The Labute approximate surface area is 121 Å². The van der Waals surface area contributed by atoms with Gasteiger partial charge in [0.2, 0.25) is 0 Å². The molecule has 0 spiro atoms. The van der Waals surface area contributed by atoms with E-state index in [-0.39, 0.29) is 12.5 Å². The fourth-order valence-corrected chi connectivity index (χ4v) is 2.19. The number of carbonyl (C=O) groups excluding carboxylic acids is 1. The Morgan fingerprint density at radius 3 is 3.14 bits per heavy atom. The van der Waals surface area contributed by atoms with Crippen molar-refractivity contribution in [2.75, 3.05) is 13.2 Å². The van der Waals surface area contributed by atoms with Gasteiger partial charge in [-0.1, -0.05) is 11.8 Å². The van der Waals surface area contributed by atoms with E-state index in [2.05, 4.69) is 27.0 Å². The minimum atomic E-state index is -0.222. The number of hydrogen-bond acceptors (Lipinski definition) is 5. The molecule has 0 unspecified atom stereocenters. The van der Waals surface area contributed by atoms with E-state index in [1.54, 1.807) is 23.5 Å². The first-order valence-corrected chi connectivity index (χ1v) is 6.48. The summed E-state index contributed by atoms with van der Waals surface area (Å²) < 4.78 is 1.94. The van der Waals surface area contributed by atoms with Gasteiger partial charge in [-0.2, -0.15) is 0 Å². The van der Waals surface area contributed by atoms with Crippen molar-refractivity contribution < 1.29 is 9.90 Å². The van der Waals surface area contributed by atoms with Crippen LogP contribution in [0.3, 0.4) is 0 Å². The molecule has 0 radical (unpaired) electrons. The molecule has 1 N–H and O–H groups in total. The van der Waals surface area contributed by atoms with Gasteiger partial charge in [-0.05, 0) is 6.07 Å². The topological polar surface area (TPSA) is 84.1 Å². The van der Waals surface area contributed by atoms with Crippen LogP contribution in [-0.2, 0) is 13.1 Å². The summed E-state index contributed by atoms with van der Waals surface area (Å²) in [4.78, 5) is 18.2. The summed E-state index contributed by atoms with van der Waals surface area (Å²) in [5.74, 6) is 5.95. The maximum atomic E-state index is 12.5. The van der Waals surface area contributed by atoms with Crippen LogP contribution in [0, 0.1) is 11.8 Å². The van der Waals surface area contributed by atoms with Gasteiger partial charge >= 0.3 is 0 Å². The van der Waals surface area contributed by atoms with E-state index < -0.39 is 0 Å². The Morgan fingerprint density at radius 2 is 2.29 bits per heavy atom.